The van der Waals surface area contributed by atoms with Crippen LogP contribution < -0.4 is 5.32 Å². The predicted octanol–water partition coefficient (Wildman–Crippen LogP) is 0.925. The van der Waals surface area contributed by atoms with Crippen LogP contribution in [0.5, 0.6) is 0 Å². The first kappa shape index (κ1) is 19.4. The Morgan fingerprint density at radius 1 is 1.24 bits per heavy atom. The van der Waals surface area contributed by atoms with Gasteiger partial charge in [0, 0.05) is 32.7 Å². The lowest BCUT2D eigenvalue weighted by atomic mass is 9.99. The van der Waals surface area contributed by atoms with Gasteiger partial charge in [0.1, 0.15) is 0 Å². The van der Waals surface area contributed by atoms with E-state index in [0.29, 0.717) is 19.0 Å². The van der Waals surface area contributed by atoms with Crippen molar-refractivity contribution < 1.29 is 18.0 Å². The van der Waals surface area contributed by atoms with Crippen molar-refractivity contribution in [3.05, 3.63) is 29.8 Å². The Labute approximate surface area is 149 Å². The number of rotatable bonds is 5. The molecule has 0 unspecified atom stereocenters. The lowest BCUT2D eigenvalue weighted by Crippen LogP contribution is -2.43. The molecule has 138 valence electrons. The van der Waals surface area contributed by atoms with Gasteiger partial charge in [-0.1, -0.05) is 13.0 Å². The van der Waals surface area contributed by atoms with Crippen molar-refractivity contribution in [1.29, 1.82) is 0 Å². The maximum absolute atomic E-state index is 12.2. The third kappa shape index (κ3) is 4.79. The van der Waals surface area contributed by atoms with E-state index in [-0.39, 0.29) is 22.9 Å². The van der Waals surface area contributed by atoms with E-state index in [9.17, 15) is 18.0 Å². The minimum atomic E-state index is -3.61. The van der Waals surface area contributed by atoms with Gasteiger partial charge in [0.05, 0.1) is 11.4 Å². The number of sulfonamides is 1. The minimum Gasteiger partial charge on any atom is -0.343 e. The van der Waals surface area contributed by atoms with Crippen molar-refractivity contribution in [2.75, 3.05) is 33.7 Å². The second kappa shape index (κ2) is 7.97. The van der Waals surface area contributed by atoms with Crippen molar-refractivity contribution in [3.8, 4) is 0 Å². The van der Waals surface area contributed by atoms with E-state index >= 15 is 0 Å². The first-order valence-corrected chi connectivity index (χ1v) is 9.74. The third-order valence-electron chi connectivity index (χ3n) is 4.41. The molecule has 1 aromatic carbocycles. The van der Waals surface area contributed by atoms with Crippen LogP contribution in [0.3, 0.4) is 0 Å². The Morgan fingerprint density at radius 3 is 2.48 bits per heavy atom. The molecule has 0 atom stereocenters. The van der Waals surface area contributed by atoms with E-state index in [1.54, 1.807) is 4.90 Å². The van der Waals surface area contributed by atoms with Crippen molar-refractivity contribution in [3.63, 3.8) is 0 Å². The summed E-state index contributed by atoms with van der Waals surface area (Å²) in [6.45, 7) is 3.51. The molecule has 1 aromatic rings. The molecule has 1 saturated heterocycles. The van der Waals surface area contributed by atoms with Gasteiger partial charge in [-0.05, 0) is 37.0 Å². The molecule has 1 heterocycles. The number of nitrogens with zero attached hydrogens (tertiary/aromatic N) is 2. The number of hydrogen-bond donors (Lipinski definition) is 1. The van der Waals surface area contributed by atoms with Gasteiger partial charge in [0.2, 0.25) is 15.9 Å². The average Bonchev–Trinajstić information content (AvgIpc) is 2.60. The van der Waals surface area contributed by atoms with Crippen molar-refractivity contribution in [2.24, 2.45) is 5.92 Å². The molecule has 0 aliphatic carbocycles. The van der Waals surface area contributed by atoms with Crippen molar-refractivity contribution in [1.82, 2.24) is 14.5 Å². The van der Waals surface area contributed by atoms with E-state index in [1.165, 1.54) is 38.4 Å². The Kier molecular flexibility index (Phi) is 6.18. The SMILES string of the molecule is CC1CCN(C(=O)CNC(=O)c2cccc(S(=O)(=O)N(C)C)c2)CC1. The van der Waals surface area contributed by atoms with Gasteiger partial charge in [0.25, 0.3) is 5.91 Å². The Bertz CT molecular complexity index is 738. The topological polar surface area (TPSA) is 86.8 Å². The maximum atomic E-state index is 12.2. The van der Waals surface area contributed by atoms with Gasteiger partial charge in [-0.2, -0.15) is 0 Å². The van der Waals surface area contributed by atoms with Crippen LogP contribution >= 0.6 is 0 Å². The molecule has 1 aliphatic rings. The summed E-state index contributed by atoms with van der Waals surface area (Å²) >= 11 is 0. The number of hydrogen-bond acceptors (Lipinski definition) is 4. The first-order chi connectivity index (χ1) is 11.7. The molecular weight excluding hydrogens is 342 g/mol. The number of nitrogens with one attached hydrogen (secondary N) is 1. The van der Waals surface area contributed by atoms with Gasteiger partial charge in [0.15, 0.2) is 0 Å². The highest BCUT2D eigenvalue weighted by molar-refractivity contribution is 7.89. The van der Waals surface area contributed by atoms with Gasteiger partial charge in [-0.25, -0.2) is 12.7 Å². The van der Waals surface area contributed by atoms with Crippen LogP contribution in [-0.2, 0) is 14.8 Å². The van der Waals surface area contributed by atoms with Crippen LogP contribution in [-0.4, -0.2) is 63.2 Å². The molecule has 1 aliphatic heterocycles. The summed E-state index contributed by atoms with van der Waals surface area (Å²) in [5.74, 6) is 0.0480. The van der Waals surface area contributed by atoms with Crippen LogP contribution in [0.25, 0.3) is 0 Å². The second-order valence-corrected chi connectivity index (χ2v) is 8.71. The number of carbonyl (C=O) groups is 2. The summed E-state index contributed by atoms with van der Waals surface area (Å²) in [6.07, 6.45) is 1.95. The molecule has 1 N–H and O–H groups in total. The van der Waals surface area contributed by atoms with Crippen LogP contribution in [0.2, 0.25) is 0 Å². The fourth-order valence-electron chi connectivity index (χ4n) is 2.64. The zero-order chi connectivity index (χ0) is 18.6. The largest absolute Gasteiger partial charge is 0.343 e. The summed E-state index contributed by atoms with van der Waals surface area (Å²) in [7, 11) is -0.747. The molecule has 8 heteroatoms. The number of amides is 2. The van der Waals surface area contributed by atoms with Crippen molar-refractivity contribution >= 4 is 21.8 Å². The molecule has 2 rings (SSSR count). The number of likely N-dealkylation sites (tertiary alicyclic amines) is 1. The molecule has 25 heavy (non-hydrogen) atoms. The van der Waals surface area contributed by atoms with Gasteiger partial charge < -0.3 is 10.2 Å². The lowest BCUT2D eigenvalue weighted by molar-refractivity contribution is -0.131. The molecule has 0 saturated carbocycles. The van der Waals surface area contributed by atoms with Crippen LogP contribution in [0.1, 0.15) is 30.1 Å². The third-order valence-corrected chi connectivity index (χ3v) is 6.22. The molecule has 0 bridgehead atoms. The highest BCUT2D eigenvalue weighted by atomic mass is 32.2. The smallest absolute Gasteiger partial charge is 0.251 e. The molecule has 0 aromatic heterocycles. The zero-order valence-electron chi connectivity index (χ0n) is 14.9. The standard InChI is InChI=1S/C17H25N3O4S/c1-13-7-9-20(10-8-13)16(21)12-18-17(22)14-5-4-6-15(11-14)25(23,24)19(2)3/h4-6,11,13H,7-10,12H2,1-3H3,(H,18,22). The molecule has 0 spiro atoms. The number of piperidine rings is 1. The fraction of sp³-hybridized carbons (Fsp3) is 0.529. The van der Waals surface area contributed by atoms with Crippen LogP contribution in [0.4, 0.5) is 0 Å². The van der Waals surface area contributed by atoms with E-state index in [4.69, 9.17) is 0 Å². The maximum Gasteiger partial charge on any atom is 0.251 e. The van der Waals surface area contributed by atoms with E-state index in [0.717, 1.165) is 17.1 Å². The summed E-state index contributed by atoms with van der Waals surface area (Å²) < 4.78 is 25.4. The quantitative estimate of drug-likeness (QED) is 0.839. The monoisotopic (exact) mass is 367 g/mol. The van der Waals surface area contributed by atoms with Gasteiger partial charge in [-0.3, -0.25) is 9.59 Å². The summed E-state index contributed by atoms with van der Waals surface area (Å²) in [5.41, 5.74) is 0.211. The van der Waals surface area contributed by atoms with Gasteiger partial charge in [-0.15, -0.1) is 0 Å². The Balaban J connectivity index is 1.98. The predicted molar refractivity (Wildman–Crippen MR) is 94.6 cm³/mol. The van der Waals surface area contributed by atoms with Crippen molar-refractivity contribution in [2.45, 2.75) is 24.7 Å². The molecule has 1 fully saturated rings. The number of carbonyl (C=O) groups excluding carboxylic acids is 2. The molecule has 7 nitrogen and oxygen atoms in total. The molecule has 0 radical (unpaired) electrons. The molecular formula is C17H25N3O4S. The number of benzene rings is 1. The van der Waals surface area contributed by atoms with E-state index in [2.05, 4.69) is 12.2 Å². The average molecular weight is 367 g/mol. The zero-order valence-corrected chi connectivity index (χ0v) is 15.7. The Morgan fingerprint density at radius 2 is 1.88 bits per heavy atom. The van der Waals surface area contributed by atoms with E-state index < -0.39 is 15.9 Å². The summed E-state index contributed by atoms with van der Waals surface area (Å²) in [5, 5.41) is 2.58. The highest BCUT2D eigenvalue weighted by Gasteiger charge is 2.22. The Hall–Kier alpha value is -1.93. The normalized spacial score (nSPS) is 16.1. The van der Waals surface area contributed by atoms with E-state index in [1.807, 2.05) is 0 Å². The van der Waals surface area contributed by atoms with Crippen LogP contribution in [0.15, 0.2) is 29.2 Å². The second-order valence-electron chi connectivity index (χ2n) is 6.56. The fourth-order valence-corrected chi connectivity index (χ4v) is 3.58. The van der Waals surface area contributed by atoms with Crippen LogP contribution in [0, 0.1) is 5.92 Å². The highest BCUT2D eigenvalue weighted by Crippen LogP contribution is 2.16. The minimum absolute atomic E-state index is 0.0431. The lowest BCUT2D eigenvalue weighted by Gasteiger charge is -2.30. The first-order valence-electron chi connectivity index (χ1n) is 8.30. The molecule has 2 amide bonds. The summed E-state index contributed by atoms with van der Waals surface area (Å²) in [4.78, 5) is 26.2. The summed E-state index contributed by atoms with van der Waals surface area (Å²) in [6, 6.07) is 5.79. The van der Waals surface area contributed by atoms with Gasteiger partial charge >= 0.3 is 0 Å².